The zero-order valence-corrected chi connectivity index (χ0v) is 14.3. The molecule has 0 heterocycles. The van der Waals surface area contributed by atoms with E-state index in [9.17, 15) is 4.79 Å². The van der Waals surface area contributed by atoms with E-state index in [4.69, 9.17) is 23.2 Å². The fourth-order valence-electron chi connectivity index (χ4n) is 2.54. The van der Waals surface area contributed by atoms with Gasteiger partial charge in [0.2, 0.25) is 0 Å². The van der Waals surface area contributed by atoms with Crippen LogP contribution in [0.1, 0.15) is 27.5 Å². The highest BCUT2D eigenvalue weighted by Gasteiger charge is 2.19. The van der Waals surface area contributed by atoms with Crippen molar-refractivity contribution in [2.75, 3.05) is 0 Å². The molecule has 0 atom stereocenters. The topological polar surface area (TPSA) is 29.1 Å². The molecule has 0 fully saturated rings. The molecule has 3 aromatic rings. The lowest BCUT2D eigenvalue weighted by atomic mass is 9.98. The Morgan fingerprint density at radius 1 is 0.750 bits per heavy atom. The average Bonchev–Trinajstić information content (AvgIpc) is 2.63. The molecule has 0 spiro atoms. The zero-order valence-electron chi connectivity index (χ0n) is 12.7. The Balaban J connectivity index is 1.95. The minimum atomic E-state index is -0.269. The summed E-state index contributed by atoms with van der Waals surface area (Å²) in [7, 11) is 0. The van der Waals surface area contributed by atoms with Crippen molar-refractivity contribution in [3.05, 3.63) is 106 Å². The molecular weight excluding hydrogens is 341 g/mol. The van der Waals surface area contributed by atoms with Gasteiger partial charge in [-0.25, -0.2) is 0 Å². The van der Waals surface area contributed by atoms with Gasteiger partial charge >= 0.3 is 0 Å². The van der Waals surface area contributed by atoms with Crippen LogP contribution in [0.3, 0.4) is 0 Å². The molecule has 3 aromatic carbocycles. The predicted molar refractivity (Wildman–Crippen MR) is 98.7 cm³/mol. The van der Waals surface area contributed by atoms with E-state index in [2.05, 4.69) is 5.32 Å². The molecule has 0 aliphatic rings. The van der Waals surface area contributed by atoms with Crippen molar-refractivity contribution in [3.8, 4) is 0 Å². The van der Waals surface area contributed by atoms with Crippen molar-refractivity contribution < 1.29 is 4.79 Å². The Labute approximate surface area is 151 Å². The minimum Gasteiger partial charge on any atom is -0.341 e. The van der Waals surface area contributed by atoms with Gasteiger partial charge in [-0.05, 0) is 23.3 Å². The van der Waals surface area contributed by atoms with E-state index in [-0.39, 0.29) is 17.0 Å². The van der Waals surface area contributed by atoms with Gasteiger partial charge in [0.1, 0.15) is 0 Å². The van der Waals surface area contributed by atoms with Gasteiger partial charge < -0.3 is 5.32 Å². The Morgan fingerprint density at radius 2 is 1.29 bits per heavy atom. The summed E-state index contributed by atoms with van der Waals surface area (Å²) in [6, 6.07) is 24.4. The van der Waals surface area contributed by atoms with Crippen molar-refractivity contribution in [2.45, 2.75) is 6.04 Å². The smallest absolute Gasteiger partial charge is 0.253 e. The quantitative estimate of drug-likeness (QED) is 0.656. The van der Waals surface area contributed by atoms with Crippen LogP contribution in [0, 0.1) is 0 Å². The third kappa shape index (κ3) is 3.61. The number of hydrogen-bond donors (Lipinski definition) is 1. The van der Waals surface area contributed by atoms with Gasteiger partial charge in [-0.2, -0.15) is 0 Å². The maximum atomic E-state index is 12.7. The summed E-state index contributed by atoms with van der Waals surface area (Å²) in [5.74, 6) is -0.264. The lowest BCUT2D eigenvalue weighted by molar-refractivity contribution is 0.0943. The van der Waals surface area contributed by atoms with Gasteiger partial charge in [0.05, 0.1) is 21.7 Å². The lowest BCUT2D eigenvalue weighted by Crippen LogP contribution is -2.29. The highest BCUT2D eigenvalue weighted by Crippen LogP contribution is 2.27. The van der Waals surface area contributed by atoms with Gasteiger partial charge in [0, 0.05) is 0 Å². The van der Waals surface area contributed by atoms with Crippen LogP contribution in [0.15, 0.2) is 78.9 Å². The first-order chi connectivity index (χ1) is 11.7. The molecule has 0 unspecified atom stereocenters. The Hall–Kier alpha value is -2.29. The Bertz CT molecular complexity index is 795. The Morgan fingerprint density at radius 3 is 1.83 bits per heavy atom. The standard InChI is InChI=1S/C20H15Cl2NO/c21-17-13-7-12-16(18(17)22)20(24)23-19(14-8-3-1-4-9-14)15-10-5-2-6-11-15/h1-13,19H,(H,23,24). The number of carbonyl (C=O) groups excluding carboxylic acids is 1. The minimum absolute atomic E-state index is 0.261. The van der Waals surface area contributed by atoms with Crippen molar-refractivity contribution in [2.24, 2.45) is 0 Å². The van der Waals surface area contributed by atoms with Crippen LogP contribution in [-0.2, 0) is 0 Å². The highest BCUT2D eigenvalue weighted by molar-refractivity contribution is 6.43. The van der Waals surface area contributed by atoms with E-state index in [0.717, 1.165) is 11.1 Å². The molecule has 1 amide bonds. The van der Waals surface area contributed by atoms with Crippen molar-refractivity contribution in [1.29, 1.82) is 0 Å². The monoisotopic (exact) mass is 355 g/mol. The largest absolute Gasteiger partial charge is 0.341 e. The summed E-state index contributed by atoms with van der Waals surface area (Å²) >= 11 is 12.2. The van der Waals surface area contributed by atoms with Gasteiger partial charge in [0.25, 0.3) is 5.91 Å². The number of rotatable bonds is 4. The molecule has 1 N–H and O–H groups in total. The van der Waals surface area contributed by atoms with E-state index < -0.39 is 0 Å². The van der Waals surface area contributed by atoms with Gasteiger partial charge in [-0.1, -0.05) is 89.9 Å². The molecule has 0 bridgehead atoms. The number of amides is 1. The van der Waals surface area contributed by atoms with E-state index in [1.807, 2.05) is 60.7 Å². The first kappa shape index (κ1) is 16.6. The number of hydrogen-bond acceptors (Lipinski definition) is 1. The molecule has 24 heavy (non-hydrogen) atoms. The molecule has 2 nitrogen and oxygen atoms in total. The van der Waals surface area contributed by atoms with Crippen LogP contribution in [-0.4, -0.2) is 5.91 Å². The molecule has 120 valence electrons. The molecule has 3 rings (SSSR count). The van der Waals surface area contributed by atoms with E-state index >= 15 is 0 Å². The first-order valence-electron chi connectivity index (χ1n) is 7.51. The fourth-order valence-corrected chi connectivity index (χ4v) is 2.92. The molecule has 0 saturated carbocycles. The van der Waals surface area contributed by atoms with Crippen molar-refractivity contribution in [1.82, 2.24) is 5.32 Å². The second kappa shape index (κ2) is 7.52. The summed E-state index contributed by atoms with van der Waals surface area (Å²) < 4.78 is 0. The second-order valence-electron chi connectivity index (χ2n) is 5.33. The van der Waals surface area contributed by atoms with Crippen LogP contribution >= 0.6 is 23.2 Å². The Kier molecular flexibility index (Phi) is 5.19. The summed E-state index contributed by atoms with van der Waals surface area (Å²) in [6.07, 6.45) is 0. The molecule has 0 aromatic heterocycles. The van der Waals surface area contributed by atoms with Crippen LogP contribution in [0.4, 0.5) is 0 Å². The van der Waals surface area contributed by atoms with Crippen molar-refractivity contribution in [3.63, 3.8) is 0 Å². The van der Waals surface area contributed by atoms with E-state index in [1.165, 1.54) is 0 Å². The summed E-state index contributed by atoms with van der Waals surface area (Å²) in [6.45, 7) is 0. The maximum absolute atomic E-state index is 12.7. The van der Waals surface area contributed by atoms with Crippen LogP contribution in [0.2, 0.25) is 10.0 Å². The molecule has 0 aliphatic carbocycles. The average molecular weight is 356 g/mol. The molecule has 4 heteroatoms. The lowest BCUT2D eigenvalue weighted by Gasteiger charge is -2.20. The van der Waals surface area contributed by atoms with Crippen molar-refractivity contribution >= 4 is 29.1 Å². The molecular formula is C20H15Cl2NO. The van der Waals surface area contributed by atoms with E-state index in [0.29, 0.717) is 10.6 Å². The van der Waals surface area contributed by atoms with E-state index in [1.54, 1.807) is 18.2 Å². The SMILES string of the molecule is O=C(NC(c1ccccc1)c1ccccc1)c1cccc(Cl)c1Cl. The number of nitrogens with one attached hydrogen (secondary N) is 1. The summed E-state index contributed by atoms with van der Waals surface area (Å²) in [5.41, 5.74) is 2.35. The maximum Gasteiger partial charge on any atom is 0.253 e. The predicted octanol–water partition coefficient (Wildman–Crippen LogP) is 5.51. The van der Waals surface area contributed by atoms with Gasteiger partial charge in [-0.15, -0.1) is 0 Å². The fraction of sp³-hybridized carbons (Fsp3) is 0.0500. The number of carbonyl (C=O) groups is 1. The zero-order chi connectivity index (χ0) is 16.9. The van der Waals surface area contributed by atoms with Gasteiger partial charge in [-0.3, -0.25) is 4.79 Å². The third-order valence-corrected chi connectivity index (χ3v) is 4.56. The van der Waals surface area contributed by atoms with Crippen LogP contribution in [0.5, 0.6) is 0 Å². The third-order valence-electron chi connectivity index (χ3n) is 3.74. The summed E-state index contributed by atoms with van der Waals surface area (Å²) in [5, 5.41) is 3.67. The van der Waals surface area contributed by atoms with Gasteiger partial charge in [0.15, 0.2) is 0 Å². The highest BCUT2D eigenvalue weighted by atomic mass is 35.5. The molecule has 0 radical (unpaired) electrons. The number of benzene rings is 3. The normalized spacial score (nSPS) is 10.6. The number of halogens is 2. The second-order valence-corrected chi connectivity index (χ2v) is 6.11. The molecule has 0 saturated heterocycles. The summed E-state index contributed by atoms with van der Waals surface area (Å²) in [4.78, 5) is 12.7. The first-order valence-corrected chi connectivity index (χ1v) is 8.27. The van der Waals surface area contributed by atoms with Crippen LogP contribution < -0.4 is 5.32 Å². The molecule has 0 aliphatic heterocycles. The van der Waals surface area contributed by atoms with Crippen LogP contribution in [0.25, 0.3) is 0 Å².